The fraction of sp³-hybridized carbons (Fsp3) is 0.500. The maximum Gasteiger partial charge on any atom is 0.241 e. The maximum atomic E-state index is 12.2. The summed E-state index contributed by atoms with van der Waals surface area (Å²) in [5, 5.41) is 3.14. The van der Waals surface area contributed by atoms with Crippen molar-refractivity contribution in [2.24, 2.45) is 5.92 Å². The first-order chi connectivity index (χ1) is 10.6. The van der Waals surface area contributed by atoms with Gasteiger partial charge in [-0.1, -0.05) is 22.0 Å². The first kappa shape index (κ1) is 15.3. The summed E-state index contributed by atoms with van der Waals surface area (Å²) >= 11 is 3.41. The minimum atomic E-state index is 0.0819. The molecule has 22 heavy (non-hydrogen) atoms. The quantitative estimate of drug-likeness (QED) is 0.886. The van der Waals surface area contributed by atoms with E-state index < -0.39 is 0 Å². The van der Waals surface area contributed by atoms with Gasteiger partial charge in [-0.3, -0.25) is 9.59 Å². The van der Waals surface area contributed by atoms with Gasteiger partial charge in [0.15, 0.2) is 0 Å². The molecule has 1 aromatic carbocycles. The lowest BCUT2D eigenvalue weighted by Crippen LogP contribution is -2.52. The summed E-state index contributed by atoms with van der Waals surface area (Å²) in [5.74, 6) is 0.623. The number of anilines is 1. The molecule has 1 aliphatic carbocycles. The van der Waals surface area contributed by atoms with Gasteiger partial charge in [0.25, 0.3) is 0 Å². The molecule has 1 saturated heterocycles. The van der Waals surface area contributed by atoms with Crippen molar-refractivity contribution in [3.8, 4) is 0 Å². The Balaban J connectivity index is 1.44. The molecule has 0 spiro atoms. The van der Waals surface area contributed by atoms with Crippen LogP contribution in [-0.2, 0) is 9.59 Å². The first-order valence-corrected chi connectivity index (χ1v) is 8.49. The van der Waals surface area contributed by atoms with Gasteiger partial charge in [-0.15, -0.1) is 0 Å². The normalized spacial score (nSPS) is 18.2. The molecule has 0 unspecified atom stereocenters. The standard InChI is InChI=1S/C16H20BrN3O2/c17-13-2-1-3-14(10-13)18-11-15(21)19-6-8-20(9-7-19)16(22)12-4-5-12/h1-3,10,12,18H,4-9,11H2. The van der Waals surface area contributed by atoms with Crippen LogP contribution < -0.4 is 5.32 Å². The smallest absolute Gasteiger partial charge is 0.241 e. The average molecular weight is 366 g/mol. The third-order valence-corrected chi connectivity index (χ3v) is 4.63. The van der Waals surface area contributed by atoms with E-state index >= 15 is 0 Å². The molecular weight excluding hydrogens is 346 g/mol. The van der Waals surface area contributed by atoms with Gasteiger partial charge in [-0.25, -0.2) is 0 Å². The molecule has 0 atom stereocenters. The fourth-order valence-electron chi connectivity index (χ4n) is 2.65. The number of benzene rings is 1. The van der Waals surface area contributed by atoms with E-state index in [1.807, 2.05) is 34.1 Å². The number of carbonyl (C=O) groups is 2. The molecule has 1 saturated carbocycles. The zero-order valence-corrected chi connectivity index (χ0v) is 14.0. The van der Waals surface area contributed by atoms with E-state index in [0.29, 0.717) is 26.2 Å². The number of carbonyl (C=O) groups excluding carboxylic acids is 2. The molecule has 3 rings (SSSR count). The Morgan fingerprint density at radius 1 is 1.14 bits per heavy atom. The first-order valence-electron chi connectivity index (χ1n) is 7.69. The molecule has 118 valence electrons. The molecule has 0 bridgehead atoms. The Hall–Kier alpha value is -1.56. The molecule has 2 aliphatic rings. The number of nitrogens with zero attached hydrogens (tertiary/aromatic N) is 2. The summed E-state index contributed by atoms with van der Waals surface area (Å²) in [4.78, 5) is 28.0. The minimum absolute atomic E-state index is 0.0819. The van der Waals surface area contributed by atoms with Crippen LogP contribution in [0.15, 0.2) is 28.7 Å². The van der Waals surface area contributed by atoms with Crippen LogP contribution >= 0.6 is 15.9 Å². The molecule has 0 radical (unpaired) electrons. The van der Waals surface area contributed by atoms with E-state index in [1.165, 1.54) is 0 Å². The van der Waals surface area contributed by atoms with Gasteiger partial charge in [0.2, 0.25) is 11.8 Å². The Morgan fingerprint density at radius 2 is 1.82 bits per heavy atom. The number of hydrogen-bond donors (Lipinski definition) is 1. The summed E-state index contributed by atoms with van der Waals surface area (Å²) < 4.78 is 0.983. The monoisotopic (exact) mass is 365 g/mol. The molecule has 1 heterocycles. The fourth-order valence-corrected chi connectivity index (χ4v) is 3.05. The van der Waals surface area contributed by atoms with E-state index in [4.69, 9.17) is 0 Å². The zero-order chi connectivity index (χ0) is 15.5. The average Bonchev–Trinajstić information content (AvgIpc) is 3.37. The van der Waals surface area contributed by atoms with E-state index in [1.54, 1.807) is 0 Å². The topological polar surface area (TPSA) is 52.7 Å². The number of amides is 2. The minimum Gasteiger partial charge on any atom is -0.376 e. The summed E-state index contributed by atoms with van der Waals surface area (Å²) in [5.41, 5.74) is 0.922. The van der Waals surface area contributed by atoms with Gasteiger partial charge in [0.1, 0.15) is 0 Å². The highest BCUT2D eigenvalue weighted by Crippen LogP contribution is 2.31. The zero-order valence-electron chi connectivity index (χ0n) is 12.4. The van der Waals surface area contributed by atoms with E-state index in [9.17, 15) is 9.59 Å². The van der Waals surface area contributed by atoms with Crippen molar-refractivity contribution in [3.05, 3.63) is 28.7 Å². The summed E-state index contributed by atoms with van der Waals surface area (Å²) in [7, 11) is 0. The predicted octanol–water partition coefficient (Wildman–Crippen LogP) is 1.94. The van der Waals surface area contributed by atoms with Crippen molar-refractivity contribution in [2.75, 3.05) is 38.0 Å². The molecule has 2 amide bonds. The lowest BCUT2D eigenvalue weighted by molar-refractivity contribution is -0.139. The van der Waals surface area contributed by atoms with Crippen LogP contribution in [0, 0.1) is 5.92 Å². The van der Waals surface area contributed by atoms with Crippen LogP contribution in [-0.4, -0.2) is 54.3 Å². The largest absolute Gasteiger partial charge is 0.376 e. The molecule has 1 N–H and O–H groups in total. The highest BCUT2D eigenvalue weighted by Gasteiger charge is 2.35. The van der Waals surface area contributed by atoms with Crippen LogP contribution in [0.3, 0.4) is 0 Å². The van der Waals surface area contributed by atoms with Crippen molar-refractivity contribution < 1.29 is 9.59 Å². The van der Waals surface area contributed by atoms with Gasteiger partial charge in [-0.2, -0.15) is 0 Å². The molecule has 0 aromatic heterocycles. The molecule has 6 heteroatoms. The summed E-state index contributed by atoms with van der Waals surface area (Å²) in [6.07, 6.45) is 2.07. The van der Waals surface area contributed by atoms with Gasteiger partial charge in [-0.05, 0) is 31.0 Å². The van der Waals surface area contributed by atoms with E-state index in [0.717, 1.165) is 23.0 Å². The SMILES string of the molecule is O=C(CNc1cccc(Br)c1)N1CCN(C(=O)C2CC2)CC1. The Kier molecular flexibility index (Phi) is 4.66. The molecule has 2 fully saturated rings. The highest BCUT2D eigenvalue weighted by molar-refractivity contribution is 9.10. The number of rotatable bonds is 4. The van der Waals surface area contributed by atoms with Crippen molar-refractivity contribution in [3.63, 3.8) is 0 Å². The molecular formula is C16H20BrN3O2. The Bertz CT molecular complexity index is 566. The van der Waals surface area contributed by atoms with Crippen LogP contribution in [0.5, 0.6) is 0 Å². The van der Waals surface area contributed by atoms with Gasteiger partial charge < -0.3 is 15.1 Å². The third-order valence-electron chi connectivity index (χ3n) is 4.14. The van der Waals surface area contributed by atoms with Crippen LogP contribution in [0.2, 0.25) is 0 Å². The second-order valence-corrected chi connectivity index (χ2v) is 6.76. The van der Waals surface area contributed by atoms with Gasteiger partial charge in [0.05, 0.1) is 6.54 Å². The van der Waals surface area contributed by atoms with Crippen molar-refractivity contribution in [1.82, 2.24) is 9.80 Å². The molecule has 5 nitrogen and oxygen atoms in total. The number of piperazine rings is 1. The van der Waals surface area contributed by atoms with Crippen molar-refractivity contribution in [2.45, 2.75) is 12.8 Å². The van der Waals surface area contributed by atoms with Crippen LogP contribution in [0.4, 0.5) is 5.69 Å². The Morgan fingerprint density at radius 3 is 2.45 bits per heavy atom. The van der Waals surface area contributed by atoms with E-state index in [-0.39, 0.29) is 24.3 Å². The maximum absolute atomic E-state index is 12.2. The Labute approximate surface area is 138 Å². The van der Waals surface area contributed by atoms with Crippen molar-refractivity contribution in [1.29, 1.82) is 0 Å². The predicted molar refractivity (Wildman–Crippen MR) is 88.5 cm³/mol. The highest BCUT2D eigenvalue weighted by atomic mass is 79.9. The number of nitrogens with one attached hydrogen (secondary N) is 1. The second-order valence-electron chi connectivity index (χ2n) is 5.84. The molecule has 1 aliphatic heterocycles. The second kappa shape index (κ2) is 6.69. The lowest BCUT2D eigenvalue weighted by Gasteiger charge is -2.35. The number of halogens is 1. The van der Waals surface area contributed by atoms with Crippen LogP contribution in [0.25, 0.3) is 0 Å². The third kappa shape index (κ3) is 3.80. The summed E-state index contributed by atoms with van der Waals surface area (Å²) in [6, 6.07) is 7.76. The number of hydrogen-bond acceptors (Lipinski definition) is 3. The van der Waals surface area contributed by atoms with Crippen molar-refractivity contribution >= 4 is 33.4 Å². The molecule has 1 aromatic rings. The summed E-state index contributed by atoms with van der Waals surface area (Å²) in [6.45, 7) is 2.89. The van der Waals surface area contributed by atoms with Crippen LogP contribution in [0.1, 0.15) is 12.8 Å². The van der Waals surface area contributed by atoms with Gasteiger partial charge >= 0.3 is 0 Å². The lowest BCUT2D eigenvalue weighted by atomic mass is 10.2. The van der Waals surface area contributed by atoms with Gasteiger partial charge in [0, 0.05) is 42.3 Å². The van der Waals surface area contributed by atoms with E-state index in [2.05, 4.69) is 21.2 Å².